The lowest BCUT2D eigenvalue weighted by atomic mass is 10.1. The molecule has 4 nitrogen and oxygen atoms in total. The molecule has 4 aromatic rings. The zero-order valence-electron chi connectivity index (χ0n) is 15.4. The largest absolute Gasteiger partial charge is 0.397 e. The van der Waals surface area contributed by atoms with Crippen LogP contribution in [0.25, 0.3) is 21.5 Å². The van der Waals surface area contributed by atoms with Crippen molar-refractivity contribution in [2.45, 2.75) is 13.8 Å². The van der Waals surface area contributed by atoms with Crippen LogP contribution in [0, 0.1) is 13.8 Å². The van der Waals surface area contributed by atoms with E-state index in [2.05, 4.69) is 17.4 Å². The zero-order chi connectivity index (χ0) is 19.8. The van der Waals surface area contributed by atoms with Crippen molar-refractivity contribution in [2.75, 3.05) is 11.1 Å². The predicted octanol–water partition coefficient (Wildman–Crippen LogP) is 6.07. The topological polar surface area (TPSA) is 68.0 Å². The number of nitrogens with one attached hydrogen (secondary N) is 1. The number of aryl methyl sites for hydroxylation is 2. The molecule has 2 aromatic carbocycles. The quantitative estimate of drug-likeness (QED) is 0.433. The fourth-order valence-electron chi connectivity index (χ4n) is 2.91. The van der Waals surface area contributed by atoms with E-state index in [1.54, 1.807) is 6.07 Å². The number of amides is 1. The van der Waals surface area contributed by atoms with Crippen LogP contribution < -0.4 is 11.1 Å². The number of carbonyl (C=O) groups is 1. The second kappa shape index (κ2) is 7.26. The summed E-state index contributed by atoms with van der Waals surface area (Å²) in [4.78, 5) is 18.6. The summed E-state index contributed by atoms with van der Waals surface area (Å²) >= 11 is 7.43. The van der Waals surface area contributed by atoms with Crippen LogP contribution in [0.5, 0.6) is 0 Å². The molecule has 0 aliphatic rings. The molecule has 3 N–H and O–H groups in total. The summed E-state index contributed by atoms with van der Waals surface area (Å²) in [5, 5.41) is 4.25. The van der Waals surface area contributed by atoms with Crippen molar-refractivity contribution in [1.82, 2.24) is 4.98 Å². The van der Waals surface area contributed by atoms with Crippen molar-refractivity contribution in [2.24, 2.45) is 0 Å². The molecule has 0 radical (unpaired) electrons. The van der Waals surface area contributed by atoms with Gasteiger partial charge in [-0.15, -0.1) is 11.3 Å². The molecule has 6 heteroatoms. The van der Waals surface area contributed by atoms with Crippen LogP contribution in [0.15, 0.2) is 54.6 Å². The molecule has 0 unspecified atom stereocenters. The van der Waals surface area contributed by atoms with Gasteiger partial charge < -0.3 is 11.1 Å². The highest BCUT2D eigenvalue weighted by molar-refractivity contribution is 7.21. The Labute approximate surface area is 172 Å². The highest BCUT2D eigenvalue weighted by atomic mass is 35.5. The minimum absolute atomic E-state index is 0.266. The maximum atomic E-state index is 12.7. The summed E-state index contributed by atoms with van der Waals surface area (Å²) in [6, 6.07) is 17.4. The summed E-state index contributed by atoms with van der Waals surface area (Å²) in [6.45, 7) is 3.96. The first-order valence-electron chi connectivity index (χ1n) is 8.76. The van der Waals surface area contributed by atoms with E-state index in [9.17, 15) is 4.79 Å². The molecule has 0 aliphatic heterocycles. The average molecular weight is 408 g/mol. The third-order valence-electron chi connectivity index (χ3n) is 4.58. The van der Waals surface area contributed by atoms with E-state index in [1.807, 2.05) is 50.2 Å². The number of halogens is 1. The van der Waals surface area contributed by atoms with Gasteiger partial charge in [-0.1, -0.05) is 47.5 Å². The van der Waals surface area contributed by atoms with Gasteiger partial charge in [0.25, 0.3) is 5.91 Å². The molecule has 2 heterocycles. The van der Waals surface area contributed by atoms with Gasteiger partial charge in [-0.3, -0.25) is 4.79 Å². The number of nitrogens with two attached hydrogens (primary N) is 1. The maximum absolute atomic E-state index is 12.7. The Morgan fingerprint density at radius 2 is 1.82 bits per heavy atom. The summed E-state index contributed by atoms with van der Waals surface area (Å²) in [5.41, 5.74) is 11.3. The smallest absolute Gasteiger partial charge is 0.267 e. The highest BCUT2D eigenvalue weighted by Gasteiger charge is 2.18. The number of nitrogen functional groups attached to an aromatic ring is 1. The molecule has 0 aliphatic carbocycles. The Balaban J connectivity index is 1.67. The number of rotatable bonds is 3. The maximum Gasteiger partial charge on any atom is 0.267 e. The molecule has 0 fully saturated rings. The van der Waals surface area contributed by atoms with Crippen LogP contribution in [0.4, 0.5) is 11.4 Å². The van der Waals surface area contributed by atoms with E-state index < -0.39 is 0 Å². The molecule has 0 spiro atoms. The van der Waals surface area contributed by atoms with E-state index in [0.29, 0.717) is 21.3 Å². The lowest BCUT2D eigenvalue weighted by Gasteiger charge is -2.06. The first-order valence-corrected chi connectivity index (χ1v) is 9.95. The molecule has 4 rings (SSSR count). The van der Waals surface area contributed by atoms with Crippen LogP contribution >= 0.6 is 22.9 Å². The van der Waals surface area contributed by atoms with E-state index in [0.717, 1.165) is 27.0 Å². The Morgan fingerprint density at radius 1 is 1.07 bits per heavy atom. The number of benzene rings is 2. The number of nitrogens with zero attached hydrogens (tertiary/aromatic N) is 1. The zero-order valence-corrected chi connectivity index (χ0v) is 17.0. The normalized spacial score (nSPS) is 11.0. The summed E-state index contributed by atoms with van der Waals surface area (Å²) in [5.74, 6) is -0.266. The number of pyridine rings is 1. The monoisotopic (exact) mass is 407 g/mol. The van der Waals surface area contributed by atoms with Gasteiger partial charge in [-0.2, -0.15) is 0 Å². The van der Waals surface area contributed by atoms with Crippen LogP contribution in [-0.2, 0) is 0 Å². The Kier molecular flexibility index (Phi) is 4.79. The van der Waals surface area contributed by atoms with Gasteiger partial charge >= 0.3 is 0 Å². The molecule has 0 saturated carbocycles. The number of hydrogen-bond acceptors (Lipinski definition) is 4. The van der Waals surface area contributed by atoms with Gasteiger partial charge in [-0.05, 0) is 43.7 Å². The average Bonchev–Trinajstić information content (AvgIpc) is 3.01. The van der Waals surface area contributed by atoms with Gasteiger partial charge in [0, 0.05) is 21.7 Å². The third-order valence-corrected chi connectivity index (χ3v) is 6.10. The number of anilines is 2. The van der Waals surface area contributed by atoms with E-state index in [-0.39, 0.29) is 5.91 Å². The summed E-state index contributed by atoms with van der Waals surface area (Å²) in [7, 11) is 0. The number of thiophene rings is 1. The van der Waals surface area contributed by atoms with Crippen LogP contribution in [0.1, 0.15) is 20.8 Å². The number of aromatic nitrogens is 1. The molecule has 0 atom stereocenters. The summed E-state index contributed by atoms with van der Waals surface area (Å²) < 4.78 is 0. The molecule has 0 saturated heterocycles. The number of hydrogen-bond donors (Lipinski definition) is 2. The van der Waals surface area contributed by atoms with E-state index >= 15 is 0 Å². The molecular formula is C22H18ClN3OS. The van der Waals surface area contributed by atoms with Crippen molar-refractivity contribution in [3.05, 3.63) is 75.6 Å². The first-order chi connectivity index (χ1) is 13.4. The lowest BCUT2D eigenvalue weighted by molar-refractivity contribution is 0.103. The molecular weight excluding hydrogens is 390 g/mol. The fraction of sp³-hybridized carbons (Fsp3) is 0.0909. The SMILES string of the molecule is Cc1ccc(-c2ccc3c(N)c(C(=O)Nc4ccc(C)c(Cl)c4)sc3n2)cc1. The number of carbonyl (C=O) groups excluding carboxylic acids is 1. The van der Waals surface area contributed by atoms with Crippen LogP contribution in [-0.4, -0.2) is 10.9 Å². The minimum atomic E-state index is -0.266. The van der Waals surface area contributed by atoms with E-state index in [1.165, 1.54) is 16.9 Å². The molecule has 140 valence electrons. The van der Waals surface area contributed by atoms with Crippen molar-refractivity contribution >= 4 is 50.4 Å². The third kappa shape index (κ3) is 3.46. The van der Waals surface area contributed by atoms with Gasteiger partial charge in [-0.25, -0.2) is 4.98 Å². The van der Waals surface area contributed by atoms with Crippen LogP contribution in [0.2, 0.25) is 5.02 Å². The fourth-order valence-corrected chi connectivity index (χ4v) is 4.08. The van der Waals surface area contributed by atoms with Crippen molar-refractivity contribution in [3.63, 3.8) is 0 Å². The Bertz CT molecular complexity index is 1200. The van der Waals surface area contributed by atoms with Crippen molar-refractivity contribution in [1.29, 1.82) is 0 Å². The second-order valence-electron chi connectivity index (χ2n) is 6.68. The highest BCUT2D eigenvalue weighted by Crippen LogP contribution is 2.35. The standard InChI is InChI=1S/C22H18ClN3OS/c1-12-3-6-14(7-4-12)18-10-9-16-19(24)20(28-22(16)26-18)21(27)25-15-8-5-13(2)17(23)11-15/h3-11H,24H2,1-2H3,(H,25,27). The van der Waals surface area contributed by atoms with Crippen molar-refractivity contribution in [3.8, 4) is 11.3 Å². The predicted molar refractivity (Wildman–Crippen MR) is 118 cm³/mol. The molecule has 0 bridgehead atoms. The Morgan fingerprint density at radius 3 is 2.54 bits per heavy atom. The van der Waals surface area contributed by atoms with Crippen molar-refractivity contribution < 1.29 is 4.79 Å². The summed E-state index contributed by atoms with van der Waals surface area (Å²) in [6.07, 6.45) is 0. The lowest BCUT2D eigenvalue weighted by Crippen LogP contribution is -2.11. The van der Waals surface area contributed by atoms with Gasteiger partial charge in [0.05, 0.1) is 11.4 Å². The van der Waals surface area contributed by atoms with Gasteiger partial charge in [0.15, 0.2) is 0 Å². The number of fused-ring (bicyclic) bond motifs is 1. The van der Waals surface area contributed by atoms with Gasteiger partial charge in [0.1, 0.15) is 9.71 Å². The molecule has 2 aromatic heterocycles. The van der Waals surface area contributed by atoms with Gasteiger partial charge in [0.2, 0.25) is 0 Å². The minimum Gasteiger partial charge on any atom is -0.397 e. The first kappa shape index (κ1) is 18.5. The molecule has 1 amide bonds. The molecule has 28 heavy (non-hydrogen) atoms. The van der Waals surface area contributed by atoms with Crippen LogP contribution in [0.3, 0.4) is 0 Å². The Hall–Kier alpha value is -2.89. The second-order valence-corrected chi connectivity index (χ2v) is 8.08. The van der Waals surface area contributed by atoms with E-state index in [4.69, 9.17) is 22.3 Å².